The summed E-state index contributed by atoms with van der Waals surface area (Å²) in [5.41, 5.74) is 2.13. The zero-order chi connectivity index (χ0) is 16.4. The van der Waals surface area contributed by atoms with Crippen LogP contribution < -0.4 is 4.90 Å². The fourth-order valence-corrected chi connectivity index (χ4v) is 4.30. The van der Waals surface area contributed by atoms with Crippen LogP contribution in [0, 0.1) is 0 Å². The third-order valence-electron chi connectivity index (χ3n) is 4.23. The Morgan fingerprint density at radius 2 is 1.25 bits per heavy atom. The van der Waals surface area contributed by atoms with E-state index < -0.39 is 0 Å². The minimum Gasteiger partial charge on any atom is -0.302 e. The summed E-state index contributed by atoms with van der Waals surface area (Å²) in [4.78, 5) is 15.9. The highest BCUT2D eigenvalue weighted by molar-refractivity contribution is 8.00. The van der Waals surface area contributed by atoms with Crippen molar-refractivity contribution in [3.05, 3.63) is 96.6 Å². The third kappa shape index (κ3) is 2.72. The minimum atomic E-state index is -0.0880. The number of carbonyl (C=O) groups is 1. The van der Waals surface area contributed by atoms with Gasteiger partial charge in [-0.05, 0) is 29.8 Å². The molecule has 1 aliphatic heterocycles. The van der Waals surface area contributed by atoms with Crippen LogP contribution in [-0.2, 0) is 4.79 Å². The van der Waals surface area contributed by atoms with E-state index in [0.717, 1.165) is 10.6 Å². The SMILES string of the molecule is O=C1C(Sc2ccccc2)C(c2ccccc2)N1c1ccccc1. The number of hydrogen-bond acceptors (Lipinski definition) is 2. The quantitative estimate of drug-likeness (QED) is 0.631. The highest BCUT2D eigenvalue weighted by Crippen LogP contribution is 2.47. The molecule has 1 saturated heterocycles. The molecule has 0 N–H and O–H groups in total. The Bertz CT molecular complexity index is 820. The lowest BCUT2D eigenvalue weighted by atomic mass is 9.92. The first-order valence-electron chi connectivity index (χ1n) is 7.99. The summed E-state index contributed by atoms with van der Waals surface area (Å²) in [6, 6.07) is 30.4. The molecule has 3 aromatic rings. The van der Waals surface area contributed by atoms with E-state index in [2.05, 4.69) is 24.3 Å². The van der Waals surface area contributed by atoms with E-state index in [-0.39, 0.29) is 17.2 Å². The molecule has 0 spiro atoms. The second-order valence-electron chi connectivity index (χ2n) is 5.75. The molecular weight excluding hydrogens is 314 g/mol. The van der Waals surface area contributed by atoms with Crippen LogP contribution in [0.1, 0.15) is 11.6 Å². The van der Waals surface area contributed by atoms with Crippen LogP contribution >= 0.6 is 11.8 Å². The topological polar surface area (TPSA) is 20.3 Å². The molecule has 0 bridgehead atoms. The second kappa shape index (κ2) is 6.54. The molecule has 3 aromatic carbocycles. The van der Waals surface area contributed by atoms with E-state index in [4.69, 9.17) is 0 Å². The molecule has 1 fully saturated rings. The van der Waals surface area contributed by atoms with Gasteiger partial charge in [0.2, 0.25) is 5.91 Å². The summed E-state index contributed by atoms with van der Waals surface area (Å²) in [5, 5.41) is -0.0880. The normalized spacial score (nSPS) is 19.8. The molecule has 0 aliphatic carbocycles. The largest absolute Gasteiger partial charge is 0.302 e. The van der Waals surface area contributed by atoms with Gasteiger partial charge in [-0.15, -0.1) is 11.8 Å². The summed E-state index contributed by atoms with van der Waals surface area (Å²) in [6.45, 7) is 0. The van der Waals surface area contributed by atoms with E-state index in [1.807, 2.05) is 71.6 Å². The van der Waals surface area contributed by atoms with Crippen LogP contribution in [0.25, 0.3) is 0 Å². The molecule has 4 rings (SSSR count). The van der Waals surface area contributed by atoms with Gasteiger partial charge in [0.25, 0.3) is 0 Å². The van der Waals surface area contributed by atoms with Crippen LogP contribution in [-0.4, -0.2) is 11.2 Å². The number of thioether (sulfide) groups is 1. The van der Waals surface area contributed by atoms with Gasteiger partial charge in [-0.3, -0.25) is 4.79 Å². The van der Waals surface area contributed by atoms with Crippen molar-refractivity contribution in [2.45, 2.75) is 16.2 Å². The van der Waals surface area contributed by atoms with Crippen molar-refractivity contribution >= 4 is 23.4 Å². The Morgan fingerprint density at radius 1 is 0.708 bits per heavy atom. The molecule has 2 atom stereocenters. The fourth-order valence-electron chi connectivity index (χ4n) is 3.07. The highest BCUT2D eigenvalue weighted by Gasteiger charge is 2.49. The first kappa shape index (κ1) is 15.0. The Kier molecular flexibility index (Phi) is 4.09. The van der Waals surface area contributed by atoms with Gasteiger partial charge in [0.05, 0.1) is 6.04 Å². The van der Waals surface area contributed by atoms with E-state index >= 15 is 0 Å². The fraction of sp³-hybridized carbons (Fsp3) is 0.0952. The third-order valence-corrected chi connectivity index (χ3v) is 5.49. The van der Waals surface area contributed by atoms with Crippen LogP contribution in [0.15, 0.2) is 95.9 Å². The molecule has 1 amide bonds. The molecule has 2 unspecified atom stereocenters. The number of para-hydroxylation sites is 1. The molecule has 1 aliphatic rings. The summed E-state index contributed by atoms with van der Waals surface area (Å²) in [6.07, 6.45) is 0. The van der Waals surface area contributed by atoms with Crippen LogP contribution in [0.5, 0.6) is 0 Å². The Hall–Kier alpha value is -2.52. The molecule has 2 nitrogen and oxygen atoms in total. The number of amides is 1. The maximum Gasteiger partial charge on any atom is 0.243 e. The smallest absolute Gasteiger partial charge is 0.243 e. The van der Waals surface area contributed by atoms with Gasteiger partial charge < -0.3 is 4.90 Å². The lowest BCUT2D eigenvalue weighted by Gasteiger charge is -2.47. The van der Waals surface area contributed by atoms with Crippen LogP contribution in [0.4, 0.5) is 5.69 Å². The Labute approximate surface area is 146 Å². The lowest BCUT2D eigenvalue weighted by molar-refractivity contribution is -0.123. The van der Waals surface area contributed by atoms with Crippen molar-refractivity contribution in [1.82, 2.24) is 0 Å². The van der Waals surface area contributed by atoms with Gasteiger partial charge in [0.15, 0.2) is 0 Å². The van der Waals surface area contributed by atoms with Crippen molar-refractivity contribution in [3.63, 3.8) is 0 Å². The average molecular weight is 331 g/mol. The standard InChI is InChI=1S/C21H17NOS/c23-21-20(24-18-14-8-3-9-15-18)19(16-10-4-1-5-11-16)22(21)17-12-6-2-7-13-17/h1-15,19-20H. The van der Waals surface area contributed by atoms with E-state index in [0.29, 0.717) is 0 Å². The molecule has 24 heavy (non-hydrogen) atoms. The Morgan fingerprint density at radius 3 is 1.88 bits per heavy atom. The molecule has 1 heterocycles. The molecule has 0 aromatic heterocycles. The van der Waals surface area contributed by atoms with E-state index in [9.17, 15) is 4.79 Å². The summed E-state index contributed by atoms with van der Waals surface area (Å²) in [5.74, 6) is 0.170. The molecular formula is C21H17NOS. The maximum atomic E-state index is 12.9. The van der Waals surface area contributed by atoms with Crippen molar-refractivity contribution in [3.8, 4) is 0 Å². The predicted octanol–water partition coefficient (Wildman–Crippen LogP) is 4.94. The summed E-state index contributed by atoms with van der Waals surface area (Å²) >= 11 is 1.65. The van der Waals surface area contributed by atoms with Gasteiger partial charge >= 0.3 is 0 Å². The monoisotopic (exact) mass is 331 g/mol. The Balaban J connectivity index is 1.68. The number of benzene rings is 3. The van der Waals surface area contributed by atoms with Crippen molar-refractivity contribution in [2.24, 2.45) is 0 Å². The van der Waals surface area contributed by atoms with E-state index in [1.165, 1.54) is 5.56 Å². The zero-order valence-electron chi connectivity index (χ0n) is 13.1. The van der Waals surface area contributed by atoms with Gasteiger partial charge in [-0.25, -0.2) is 0 Å². The predicted molar refractivity (Wildman–Crippen MR) is 99.2 cm³/mol. The van der Waals surface area contributed by atoms with Gasteiger partial charge in [0, 0.05) is 10.6 Å². The molecule has 0 saturated carbocycles. The van der Waals surface area contributed by atoms with Gasteiger partial charge in [-0.1, -0.05) is 66.7 Å². The number of hydrogen-bond donors (Lipinski definition) is 0. The summed E-state index contributed by atoms with van der Waals surface area (Å²) < 4.78 is 0. The lowest BCUT2D eigenvalue weighted by Crippen LogP contribution is -2.57. The maximum absolute atomic E-state index is 12.9. The average Bonchev–Trinajstić information content (AvgIpc) is 2.66. The highest BCUT2D eigenvalue weighted by atomic mass is 32.2. The number of carbonyl (C=O) groups excluding carboxylic acids is 1. The molecule has 0 radical (unpaired) electrons. The second-order valence-corrected chi connectivity index (χ2v) is 6.97. The van der Waals surface area contributed by atoms with Gasteiger partial charge in [0.1, 0.15) is 5.25 Å². The van der Waals surface area contributed by atoms with Crippen LogP contribution in [0.3, 0.4) is 0 Å². The number of rotatable bonds is 4. The summed E-state index contributed by atoms with van der Waals surface area (Å²) in [7, 11) is 0. The van der Waals surface area contributed by atoms with Crippen molar-refractivity contribution in [1.29, 1.82) is 0 Å². The number of nitrogens with zero attached hydrogens (tertiary/aromatic N) is 1. The van der Waals surface area contributed by atoms with Crippen molar-refractivity contribution in [2.75, 3.05) is 4.90 Å². The molecule has 3 heteroatoms. The molecule has 118 valence electrons. The minimum absolute atomic E-state index is 0.0614. The number of β-lactam (4-membered cyclic amide) rings is 1. The van der Waals surface area contributed by atoms with E-state index in [1.54, 1.807) is 11.8 Å². The first-order chi connectivity index (χ1) is 11.8. The van der Waals surface area contributed by atoms with Gasteiger partial charge in [-0.2, -0.15) is 0 Å². The zero-order valence-corrected chi connectivity index (χ0v) is 13.9. The van der Waals surface area contributed by atoms with Crippen LogP contribution in [0.2, 0.25) is 0 Å². The number of anilines is 1. The van der Waals surface area contributed by atoms with Crippen molar-refractivity contribution < 1.29 is 4.79 Å². The first-order valence-corrected chi connectivity index (χ1v) is 8.87.